The van der Waals surface area contributed by atoms with Gasteiger partial charge in [0.25, 0.3) is 0 Å². The van der Waals surface area contributed by atoms with Crippen molar-refractivity contribution in [2.45, 2.75) is 26.4 Å². The monoisotopic (exact) mass is 195 g/mol. The van der Waals surface area contributed by atoms with Gasteiger partial charge < -0.3 is 16.0 Å². The molecule has 4 N–H and O–H groups in total. The summed E-state index contributed by atoms with van der Waals surface area (Å²) in [7, 11) is 0. The van der Waals surface area contributed by atoms with Crippen molar-refractivity contribution >= 4 is 5.91 Å². The second-order valence-corrected chi connectivity index (χ2v) is 3.73. The SMILES string of the molecule is CC(Cn1ccc(C(C)N)c1)C(N)=O. The van der Waals surface area contributed by atoms with Crippen LogP contribution < -0.4 is 11.5 Å². The van der Waals surface area contributed by atoms with Crippen molar-refractivity contribution in [2.24, 2.45) is 17.4 Å². The minimum atomic E-state index is -0.277. The van der Waals surface area contributed by atoms with Crippen molar-refractivity contribution in [3.05, 3.63) is 24.0 Å². The standard InChI is InChI=1S/C10H17N3O/c1-7(10(12)14)5-13-4-3-9(6-13)8(2)11/h3-4,6-8H,5,11H2,1-2H3,(H2,12,14). The average molecular weight is 195 g/mol. The quantitative estimate of drug-likeness (QED) is 0.739. The lowest BCUT2D eigenvalue weighted by molar-refractivity contribution is -0.121. The van der Waals surface area contributed by atoms with E-state index in [-0.39, 0.29) is 17.9 Å². The Morgan fingerprint density at radius 2 is 2.21 bits per heavy atom. The number of hydrogen-bond acceptors (Lipinski definition) is 2. The molecule has 0 aliphatic heterocycles. The highest BCUT2D eigenvalue weighted by Crippen LogP contribution is 2.11. The molecular formula is C10H17N3O. The lowest BCUT2D eigenvalue weighted by atomic mass is 10.2. The molecule has 4 nitrogen and oxygen atoms in total. The van der Waals surface area contributed by atoms with Crippen LogP contribution in [0.3, 0.4) is 0 Å². The van der Waals surface area contributed by atoms with Crippen molar-refractivity contribution in [3.63, 3.8) is 0 Å². The van der Waals surface area contributed by atoms with Crippen LogP contribution in [-0.4, -0.2) is 10.5 Å². The number of aromatic nitrogens is 1. The van der Waals surface area contributed by atoms with E-state index in [4.69, 9.17) is 11.5 Å². The van der Waals surface area contributed by atoms with Crippen molar-refractivity contribution in [3.8, 4) is 0 Å². The summed E-state index contributed by atoms with van der Waals surface area (Å²) in [6.07, 6.45) is 3.86. The molecule has 1 rings (SSSR count). The first-order valence-electron chi connectivity index (χ1n) is 4.71. The minimum Gasteiger partial charge on any atom is -0.369 e. The van der Waals surface area contributed by atoms with Crippen LogP contribution in [0.1, 0.15) is 25.5 Å². The molecule has 0 saturated heterocycles. The number of nitrogens with zero attached hydrogens (tertiary/aromatic N) is 1. The molecule has 0 aliphatic carbocycles. The summed E-state index contributed by atoms with van der Waals surface area (Å²) in [5.41, 5.74) is 12.0. The Morgan fingerprint density at radius 1 is 1.57 bits per heavy atom. The van der Waals surface area contributed by atoms with E-state index in [2.05, 4.69) is 0 Å². The van der Waals surface area contributed by atoms with E-state index in [1.54, 1.807) is 0 Å². The molecule has 0 aromatic carbocycles. The number of carbonyl (C=O) groups excluding carboxylic acids is 1. The van der Waals surface area contributed by atoms with Gasteiger partial charge in [0.15, 0.2) is 0 Å². The van der Waals surface area contributed by atoms with Gasteiger partial charge in [-0.3, -0.25) is 4.79 Å². The Hall–Kier alpha value is -1.29. The van der Waals surface area contributed by atoms with Crippen molar-refractivity contribution < 1.29 is 4.79 Å². The minimum absolute atomic E-state index is 0.0279. The van der Waals surface area contributed by atoms with Crippen LogP contribution >= 0.6 is 0 Å². The van der Waals surface area contributed by atoms with Crippen molar-refractivity contribution in [1.29, 1.82) is 0 Å². The third-order valence-corrected chi connectivity index (χ3v) is 2.27. The molecule has 0 saturated carbocycles. The third kappa shape index (κ3) is 2.60. The lowest BCUT2D eigenvalue weighted by Gasteiger charge is -2.08. The highest BCUT2D eigenvalue weighted by atomic mass is 16.1. The van der Waals surface area contributed by atoms with Crippen LogP contribution in [0.25, 0.3) is 0 Å². The lowest BCUT2D eigenvalue weighted by Crippen LogP contribution is -2.24. The van der Waals surface area contributed by atoms with Crippen LogP contribution in [-0.2, 0) is 11.3 Å². The Labute approximate surface area is 83.9 Å². The number of carbonyl (C=O) groups is 1. The molecule has 0 spiro atoms. The number of primary amides is 1. The smallest absolute Gasteiger partial charge is 0.222 e. The third-order valence-electron chi connectivity index (χ3n) is 2.27. The van der Waals surface area contributed by atoms with Gasteiger partial charge in [0.1, 0.15) is 0 Å². The van der Waals surface area contributed by atoms with Gasteiger partial charge in [0, 0.05) is 25.0 Å². The number of nitrogens with two attached hydrogens (primary N) is 2. The molecule has 1 aromatic rings. The molecule has 4 heteroatoms. The molecule has 78 valence electrons. The predicted molar refractivity (Wildman–Crippen MR) is 55.4 cm³/mol. The average Bonchev–Trinajstić information content (AvgIpc) is 2.52. The molecule has 14 heavy (non-hydrogen) atoms. The molecule has 1 aromatic heterocycles. The molecule has 2 atom stereocenters. The first kappa shape index (κ1) is 10.8. The van der Waals surface area contributed by atoms with Gasteiger partial charge in [-0.1, -0.05) is 6.92 Å². The zero-order valence-corrected chi connectivity index (χ0v) is 8.60. The maximum Gasteiger partial charge on any atom is 0.222 e. The number of amides is 1. The van der Waals surface area contributed by atoms with Crippen LogP contribution in [0, 0.1) is 5.92 Å². The van der Waals surface area contributed by atoms with Gasteiger partial charge in [-0.2, -0.15) is 0 Å². The van der Waals surface area contributed by atoms with E-state index in [0.29, 0.717) is 6.54 Å². The fourth-order valence-electron chi connectivity index (χ4n) is 1.25. The highest BCUT2D eigenvalue weighted by Gasteiger charge is 2.09. The highest BCUT2D eigenvalue weighted by molar-refractivity contribution is 5.76. The zero-order valence-electron chi connectivity index (χ0n) is 8.60. The molecule has 0 bridgehead atoms. The van der Waals surface area contributed by atoms with Gasteiger partial charge in [-0.15, -0.1) is 0 Å². The fraction of sp³-hybridized carbons (Fsp3) is 0.500. The number of rotatable bonds is 4. The molecule has 1 amide bonds. The van der Waals surface area contributed by atoms with Crippen LogP contribution in [0.5, 0.6) is 0 Å². The van der Waals surface area contributed by atoms with Gasteiger partial charge in [0.05, 0.1) is 5.92 Å². The summed E-state index contributed by atoms with van der Waals surface area (Å²) in [6.45, 7) is 4.35. The Kier molecular flexibility index (Phi) is 3.30. The van der Waals surface area contributed by atoms with E-state index in [1.165, 1.54) is 0 Å². The molecule has 0 aliphatic rings. The first-order valence-corrected chi connectivity index (χ1v) is 4.71. The van der Waals surface area contributed by atoms with E-state index in [9.17, 15) is 4.79 Å². The molecular weight excluding hydrogens is 178 g/mol. The molecule has 1 heterocycles. The topological polar surface area (TPSA) is 74.0 Å². The summed E-state index contributed by atoms with van der Waals surface area (Å²) in [5, 5.41) is 0. The van der Waals surface area contributed by atoms with Gasteiger partial charge in [0.2, 0.25) is 5.91 Å². The Morgan fingerprint density at radius 3 is 2.64 bits per heavy atom. The van der Waals surface area contributed by atoms with Crippen molar-refractivity contribution in [2.75, 3.05) is 0 Å². The summed E-state index contributed by atoms with van der Waals surface area (Å²) in [6, 6.07) is 1.98. The van der Waals surface area contributed by atoms with E-state index in [0.717, 1.165) is 5.56 Å². The normalized spacial score (nSPS) is 15.1. The van der Waals surface area contributed by atoms with E-state index < -0.39 is 0 Å². The summed E-state index contributed by atoms with van der Waals surface area (Å²) >= 11 is 0. The molecule has 0 fully saturated rings. The van der Waals surface area contributed by atoms with Crippen LogP contribution in [0.4, 0.5) is 0 Å². The summed E-state index contributed by atoms with van der Waals surface area (Å²) in [4.78, 5) is 10.8. The van der Waals surface area contributed by atoms with Gasteiger partial charge >= 0.3 is 0 Å². The van der Waals surface area contributed by atoms with Gasteiger partial charge in [-0.05, 0) is 18.6 Å². The zero-order chi connectivity index (χ0) is 10.7. The fourth-order valence-corrected chi connectivity index (χ4v) is 1.25. The largest absolute Gasteiger partial charge is 0.369 e. The summed E-state index contributed by atoms with van der Waals surface area (Å²) in [5.74, 6) is -0.427. The molecule has 2 unspecified atom stereocenters. The maximum absolute atomic E-state index is 10.8. The summed E-state index contributed by atoms with van der Waals surface area (Å²) < 4.78 is 1.94. The second-order valence-electron chi connectivity index (χ2n) is 3.73. The first-order chi connectivity index (χ1) is 6.50. The Balaban J connectivity index is 2.64. The van der Waals surface area contributed by atoms with Gasteiger partial charge in [-0.25, -0.2) is 0 Å². The number of hydrogen-bond donors (Lipinski definition) is 2. The van der Waals surface area contributed by atoms with Crippen molar-refractivity contribution in [1.82, 2.24) is 4.57 Å². The van der Waals surface area contributed by atoms with Crippen LogP contribution in [0.15, 0.2) is 18.5 Å². The van der Waals surface area contributed by atoms with E-state index >= 15 is 0 Å². The van der Waals surface area contributed by atoms with Crippen LogP contribution in [0.2, 0.25) is 0 Å². The van der Waals surface area contributed by atoms with E-state index in [1.807, 2.05) is 36.9 Å². The second kappa shape index (κ2) is 4.28. The maximum atomic E-state index is 10.8. The predicted octanol–water partition coefficient (Wildman–Crippen LogP) is 0.629. The molecule has 0 radical (unpaired) electrons. The Bertz CT molecular complexity index is 317.